The zero-order valence-corrected chi connectivity index (χ0v) is 19.7. The second-order valence-electron chi connectivity index (χ2n) is 9.91. The van der Waals surface area contributed by atoms with Gasteiger partial charge in [-0.25, -0.2) is 4.98 Å². The maximum Gasteiger partial charge on any atom is 0.228 e. The summed E-state index contributed by atoms with van der Waals surface area (Å²) in [5, 5.41) is 3.12. The number of aryl methyl sites for hydroxylation is 4. The summed E-state index contributed by atoms with van der Waals surface area (Å²) in [6.07, 6.45) is 3.24. The molecular weight excluding hydrogens is 412 g/mol. The SMILES string of the molecule is Cc1cc(C)cc(NC(=O)[C@H]2CC23CCN(C(=O)CCn2c(C)nc4ccccc42)CC3)c1. The summed E-state index contributed by atoms with van der Waals surface area (Å²) in [5.41, 5.74) is 5.33. The number of nitrogens with zero attached hydrogens (tertiary/aromatic N) is 3. The second kappa shape index (κ2) is 8.32. The van der Waals surface area contributed by atoms with Crippen LogP contribution in [0.15, 0.2) is 42.5 Å². The number of nitrogens with one attached hydrogen (secondary N) is 1. The van der Waals surface area contributed by atoms with Crippen molar-refractivity contribution in [3.05, 3.63) is 59.4 Å². The maximum atomic E-state index is 12.9. The predicted molar refractivity (Wildman–Crippen MR) is 130 cm³/mol. The smallest absolute Gasteiger partial charge is 0.228 e. The Morgan fingerprint density at radius 2 is 1.76 bits per heavy atom. The Bertz CT molecular complexity index is 1200. The first-order valence-electron chi connectivity index (χ1n) is 11.9. The number of carbonyl (C=O) groups is 2. The number of hydrogen-bond donors (Lipinski definition) is 1. The molecule has 0 bridgehead atoms. The van der Waals surface area contributed by atoms with Crippen molar-refractivity contribution in [2.45, 2.75) is 53.0 Å². The minimum absolute atomic E-state index is 0.0653. The number of para-hydroxylation sites is 2. The zero-order chi connectivity index (χ0) is 23.2. The van der Waals surface area contributed by atoms with Crippen molar-refractivity contribution in [3.8, 4) is 0 Å². The molecule has 1 atom stereocenters. The molecular formula is C27H32N4O2. The highest BCUT2D eigenvalue weighted by Gasteiger charge is 2.58. The lowest BCUT2D eigenvalue weighted by atomic mass is 9.90. The van der Waals surface area contributed by atoms with E-state index in [1.54, 1.807) is 0 Å². The number of fused-ring (bicyclic) bond motifs is 1. The highest BCUT2D eigenvalue weighted by molar-refractivity contribution is 5.95. The van der Waals surface area contributed by atoms with E-state index in [1.165, 1.54) is 0 Å². The molecule has 172 valence electrons. The van der Waals surface area contributed by atoms with Crippen LogP contribution in [0.1, 0.15) is 42.6 Å². The predicted octanol–water partition coefficient (Wildman–Crippen LogP) is 4.62. The molecule has 0 radical (unpaired) electrons. The molecule has 33 heavy (non-hydrogen) atoms. The van der Waals surface area contributed by atoms with Crippen molar-refractivity contribution in [2.24, 2.45) is 11.3 Å². The van der Waals surface area contributed by atoms with E-state index in [1.807, 2.05) is 56.0 Å². The minimum atomic E-state index is 0.0653. The van der Waals surface area contributed by atoms with Crippen LogP contribution in [0.4, 0.5) is 5.69 Å². The monoisotopic (exact) mass is 444 g/mol. The Labute approximate surface area is 195 Å². The third kappa shape index (κ3) is 4.26. The number of likely N-dealkylation sites (tertiary alicyclic amines) is 1. The van der Waals surface area contributed by atoms with Crippen LogP contribution in [-0.2, 0) is 16.1 Å². The van der Waals surface area contributed by atoms with Crippen molar-refractivity contribution < 1.29 is 9.59 Å². The number of carbonyl (C=O) groups excluding carboxylic acids is 2. The Morgan fingerprint density at radius 3 is 2.48 bits per heavy atom. The van der Waals surface area contributed by atoms with Crippen molar-refractivity contribution >= 4 is 28.5 Å². The number of rotatable bonds is 5. The summed E-state index contributed by atoms with van der Waals surface area (Å²) in [5.74, 6) is 1.33. The van der Waals surface area contributed by atoms with E-state index in [0.717, 1.165) is 66.0 Å². The van der Waals surface area contributed by atoms with Gasteiger partial charge in [0.1, 0.15) is 5.82 Å². The molecule has 2 fully saturated rings. The number of imidazole rings is 1. The summed E-state index contributed by atoms with van der Waals surface area (Å²) in [7, 11) is 0. The lowest BCUT2D eigenvalue weighted by Crippen LogP contribution is -2.40. The summed E-state index contributed by atoms with van der Waals surface area (Å²) in [6.45, 7) is 8.22. The molecule has 2 amide bonds. The number of aromatic nitrogens is 2. The average Bonchev–Trinajstić information content (AvgIpc) is 3.37. The largest absolute Gasteiger partial charge is 0.343 e. The van der Waals surface area contributed by atoms with Crippen LogP contribution in [-0.4, -0.2) is 39.4 Å². The van der Waals surface area contributed by atoms with Gasteiger partial charge in [-0.1, -0.05) is 18.2 Å². The number of piperidine rings is 1. The summed E-state index contributed by atoms with van der Waals surface area (Å²) >= 11 is 0. The van der Waals surface area contributed by atoms with Crippen LogP contribution in [0, 0.1) is 32.1 Å². The van der Waals surface area contributed by atoms with Crippen LogP contribution >= 0.6 is 0 Å². The Kier molecular flexibility index (Phi) is 5.47. The summed E-state index contributed by atoms with van der Waals surface area (Å²) in [6, 6.07) is 14.2. The third-order valence-corrected chi connectivity index (χ3v) is 7.50. The van der Waals surface area contributed by atoms with Crippen LogP contribution in [0.5, 0.6) is 0 Å². The van der Waals surface area contributed by atoms with Crippen molar-refractivity contribution in [1.82, 2.24) is 14.5 Å². The molecule has 6 nitrogen and oxygen atoms in total. The van der Waals surface area contributed by atoms with E-state index in [9.17, 15) is 9.59 Å². The molecule has 0 unspecified atom stereocenters. The van der Waals surface area contributed by atoms with Crippen LogP contribution in [0.2, 0.25) is 0 Å². The zero-order valence-electron chi connectivity index (χ0n) is 19.7. The average molecular weight is 445 g/mol. The van der Waals surface area contributed by atoms with Gasteiger partial charge in [0.15, 0.2) is 0 Å². The molecule has 6 heteroatoms. The van der Waals surface area contributed by atoms with E-state index < -0.39 is 0 Å². The molecule has 1 aliphatic heterocycles. The first kappa shape index (κ1) is 21.7. The molecule has 3 aromatic rings. The quantitative estimate of drug-likeness (QED) is 0.624. The van der Waals surface area contributed by atoms with Gasteiger partial charge in [0, 0.05) is 37.7 Å². The van der Waals surface area contributed by atoms with Gasteiger partial charge in [-0.3, -0.25) is 9.59 Å². The van der Waals surface area contributed by atoms with Gasteiger partial charge in [-0.15, -0.1) is 0 Å². The van der Waals surface area contributed by atoms with E-state index in [-0.39, 0.29) is 23.1 Å². The fourth-order valence-corrected chi connectivity index (χ4v) is 5.59. The summed E-state index contributed by atoms with van der Waals surface area (Å²) < 4.78 is 2.13. The Hall–Kier alpha value is -3.15. The van der Waals surface area contributed by atoms with Crippen LogP contribution in [0.25, 0.3) is 11.0 Å². The molecule has 1 spiro atoms. The van der Waals surface area contributed by atoms with Gasteiger partial charge >= 0.3 is 0 Å². The number of benzene rings is 2. The highest BCUT2D eigenvalue weighted by atomic mass is 16.2. The molecule has 1 aromatic heterocycles. The number of hydrogen-bond acceptors (Lipinski definition) is 3. The fourth-order valence-electron chi connectivity index (χ4n) is 5.59. The van der Waals surface area contributed by atoms with Gasteiger partial charge in [0.05, 0.1) is 11.0 Å². The number of anilines is 1. The molecule has 5 rings (SSSR count). The molecule has 1 aliphatic carbocycles. The lowest BCUT2D eigenvalue weighted by Gasteiger charge is -2.33. The van der Waals surface area contributed by atoms with Gasteiger partial charge in [0.2, 0.25) is 11.8 Å². The molecule has 2 aliphatic rings. The van der Waals surface area contributed by atoms with E-state index in [0.29, 0.717) is 13.0 Å². The topological polar surface area (TPSA) is 67.2 Å². The van der Waals surface area contributed by atoms with Crippen molar-refractivity contribution in [2.75, 3.05) is 18.4 Å². The van der Waals surface area contributed by atoms with Crippen molar-refractivity contribution in [3.63, 3.8) is 0 Å². The standard InChI is InChI=1S/C27H32N4O2/c1-18-14-19(2)16-21(15-18)29-26(33)22-17-27(22)9-12-30(13-10-27)25(32)8-11-31-20(3)28-23-6-4-5-7-24(23)31/h4-7,14-16,22H,8-13,17H2,1-3H3,(H,29,33)/t22-/m1/s1. The van der Waals surface area contributed by atoms with Gasteiger partial charge < -0.3 is 14.8 Å². The second-order valence-corrected chi connectivity index (χ2v) is 9.91. The van der Waals surface area contributed by atoms with Gasteiger partial charge in [-0.05, 0) is 80.8 Å². The summed E-state index contributed by atoms with van der Waals surface area (Å²) in [4.78, 5) is 32.3. The molecule has 1 N–H and O–H groups in total. The van der Waals surface area contributed by atoms with E-state index >= 15 is 0 Å². The molecule has 1 saturated heterocycles. The lowest BCUT2D eigenvalue weighted by molar-refractivity contribution is -0.133. The van der Waals surface area contributed by atoms with E-state index in [4.69, 9.17) is 0 Å². The molecule has 2 heterocycles. The van der Waals surface area contributed by atoms with Gasteiger partial charge in [0.25, 0.3) is 0 Å². The van der Waals surface area contributed by atoms with E-state index in [2.05, 4.69) is 27.0 Å². The Morgan fingerprint density at radius 1 is 1.06 bits per heavy atom. The molecule has 1 saturated carbocycles. The first-order chi connectivity index (χ1) is 15.8. The minimum Gasteiger partial charge on any atom is -0.343 e. The third-order valence-electron chi connectivity index (χ3n) is 7.50. The van der Waals surface area contributed by atoms with Gasteiger partial charge in [-0.2, -0.15) is 0 Å². The number of amides is 2. The Balaban J connectivity index is 1.14. The normalized spacial score (nSPS) is 19.1. The van der Waals surface area contributed by atoms with Crippen LogP contribution in [0.3, 0.4) is 0 Å². The fraction of sp³-hybridized carbons (Fsp3) is 0.444. The van der Waals surface area contributed by atoms with Crippen LogP contribution < -0.4 is 5.32 Å². The van der Waals surface area contributed by atoms with Crippen molar-refractivity contribution in [1.29, 1.82) is 0 Å². The maximum absolute atomic E-state index is 12.9. The molecule has 2 aromatic carbocycles. The first-order valence-corrected chi connectivity index (χ1v) is 11.9. The highest BCUT2D eigenvalue weighted by Crippen LogP contribution is 2.59.